The minimum Gasteiger partial charge on any atom is -0.378 e. The van der Waals surface area contributed by atoms with Crippen molar-refractivity contribution in [2.24, 2.45) is 0 Å². The Bertz CT molecular complexity index is 156. The van der Waals surface area contributed by atoms with Crippen molar-refractivity contribution in [1.29, 1.82) is 0 Å². The van der Waals surface area contributed by atoms with E-state index in [0.717, 1.165) is 25.7 Å². The highest BCUT2D eigenvalue weighted by Gasteiger charge is 2.25. The van der Waals surface area contributed by atoms with Crippen LogP contribution in [0.2, 0.25) is 0 Å². The van der Waals surface area contributed by atoms with Gasteiger partial charge in [-0.2, -0.15) is 0 Å². The molecule has 0 aromatic rings. The Kier molecular flexibility index (Phi) is 5.84. The summed E-state index contributed by atoms with van der Waals surface area (Å²) in [5, 5.41) is 9.70. The summed E-state index contributed by atoms with van der Waals surface area (Å²) >= 11 is 0. The van der Waals surface area contributed by atoms with Crippen molar-refractivity contribution in [2.45, 2.75) is 58.5 Å². The lowest BCUT2D eigenvalue weighted by atomic mass is 9.85. The quantitative estimate of drug-likeness (QED) is 0.551. The van der Waals surface area contributed by atoms with E-state index in [1.807, 2.05) is 13.8 Å². The molecule has 1 aliphatic carbocycles. The van der Waals surface area contributed by atoms with Gasteiger partial charge in [-0.1, -0.05) is 26.2 Å². The molecule has 0 aromatic carbocycles. The Morgan fingerprint density at radius 1 is 1.08 bits per heavy atom. The molecule has 1 heteroatoms. The zero-order valence-electron chi connectivity index (χ0n) is 8.48. The fraction of sp³-hybridized carbons (Fsp3) is 0.818. The van der Waals surface area contributed by atoms with Gasteiger partial charge in [0.05, 0.1) is 0 Å². The topological polar surface area (TPSA) is 20.2 Å². The van der Waals surface area contributed by atoms with Gasteiger partial charge in [0.25, 0.3) is 0 Å². The van der Waals surface area contributed by atoms with Crippen molar-refractivity contribution in [1.82, 2.24) is 0 Å². The van der Waals surface area contributed by atoms with Gasteiger partial charge in [0, 0.05) is 0 Å². The van der Waals surface area contributed by atoms with Crippen molar-refractivity contribution in [3.63, 3.8) is 0 Å². The van der Waals surface area contributed by atoms with Crippen molar-refractivity contribution in [3.8, 4) is 11.8 Å². The molecule has 0 aliphatic heterocycles. The highest BCUT2D eigenvalue weighted by atomic mass is 16.3. The molecule has 0 aromatic heterocycles. The van der Waals surface area contributed by atoms with Crippen molar-refractivity contribution >= 4 is 0 Å². The van der Waals surface area contributed by atoms with Gasteiger partial charge in [0.2, 0.25) is 0 Å². The van der Waals surface area contributed by atoms with Crippen LogP contribution in [0.25, 0.3) is 0 Å². The van der Waals surface area contributed by atoms with Crippen LogP contribution in [0.3, 0.4) is 0 Å². The fourth-order valence-corrected chi connectivity index (χ4v) is 1.49. The van der Waals surface area contributed by atoms with E-state index in [1.54, 1.807) is 6.92 Å². The Morgan fingerprint density at radius 3 is 2.00 bits per heavy atom. The fourth-order valence-electron chi connectivity index (χ4n) is 1.49. The number of hydrogen-bond acceptors (Lipinski definition) is 1. The summed E-state index contributed by atoms with van der Waals surface area (Å²) in [4.78, 5) is 0. The molecule has 0 atom stereocenters. The molecule has 1 N–H and O–H groups in total. The van der Waals surface area contributed by atoms with Gasteiger partial charge in [0.15, 0.2) is 0 Å². The maximum Gasteiger partial charge on any atom is 0.125 e. The van der Waals surface area contributed by atoms with Gasteiger partial charge in [-0.3, -0.25) is 0 Å². The van der Waals surface area contributed by atoms with Crippen LogP contribution in [0.15, 0.2) is 0 Å². The minimum absolute atomic E-state index is 0.632. The van der Waals surface area contributed by atoms with Crippen LogP contribution in [0.4, 0.5) is 0 Å². The van der Waals surface area contributed by atoms with E-state index < -0.39 is 5.60 Å². The molecule has 0 amide bonds. The molecule has 70 valence electrons. The third kappa shape index (κ3) is 3.78. The molecule has 0 saturated heterocycles. The highest BCUT2D eigenvalue weighted by Crippen LogP contribution is 2.26. The molecule has 0 unspecified atom stereocenters. The second-order valence-corrected chi connectivity index (χ2v) is 2.97. The van der Waals surface area contributed by atoms with Crippen LogP contribution >= 0.6 is 0 Å². The molecule has 0 spiro atoms. The van der Waals surface area contributed by atoms with E-state index in [-0.39, 0.29) is 0 Å². The van der Waals surface area contributed by atoms with Crippen LogP contribution < -0.4 is 0 Å². The first-order valence-electron chi connectivity index (χ1n) is 4.93. The molecule has 12 heavy (non-hydrogen) atoms. The standard InChI is InChI=1S/C9H14O.C2H6/c1-2-6-9(10)7-4-3-5-8-9;1-2/h10H,3-5,7-8H2,1H3;1-2H3. The third-order valence-corrected chi connectivity index (χ3v) is 2.04. The normalized spacial score (nSPS) is 19.7. The number of aliphatic hydroxyl groups is 1. The third-order valence-electron chi connectivity index (χ3n) is 2.04. The Labute approximate surface area is 76.2 Å². The van der Waals surface area contributed by atoms with Crippen LogP contribution in [0, 0.1) is 11.8 Å². The predicted molar refractivity (Wildman–Crippen MR) is 52.8 cm³/mol. The van der Waals surface area contributed by atoms with E-state index in [9.17, 15) is 5.11 Å². The van der Waals surface area contributed by atoms with Gasteiger partial charge in [-0.15, -0.1) is 5.92 Å². The molecule has 0 radical (unpaired) electrons. The van der Waals surface area contributed by atoms with E-state index in [1.165, 1.54) is 6.42 Å². The van der Waals surface area contributed by atoms with Gasteiger partial charge in [-0.05, 0) is 32.6 Å². The van der Waals surface area contributed by atoms with Crippen molar-refractivity contribution in [2.75, 3.05) is 0 Å². The Balaban J connectivity index is 0.000000561. The minimum atomic E-state index is -0.632. The van der Waals surface area contributed by atoms with Crippen LogP contribution in [-0.2, 0) is 0 Å². The van der Waals surface area contributed by atoms with Crippen LogP contribution in [0.5, 0.6) is 0 Å². The number of rotatable bonds is 0. The van der Waals surface area contributed by atoms with E-state index in [0.29, 0.717) is 0 Å². The SMILES string of the molecule is CC.CC#CC1(O)CCCCC1. The number of hydrogen-bond donors (Lipinski definition) is 1. The molecule has 1 aliphatic rings. The monoisotopic (exact) mass is 168 g/mol. The smallest absolute Gasteiger partial charge is 0.125 e. The van der Waals surface area contributed by atoms with E-state index in [2.05, 4.69) is 11.8 Å². The van der Waals surface area contributed by atoms with Crippen LogP contribution in [0.1, 0.15) is 52.9 Å². The van der Waals surface area contributed by atoms with Gasteiger partial charge in [-0.25, -0.2) is 0 Å². The van der Waals surface area contributed by atoms with Gasteiger partial charge < -0.3 is 5.11 Å². The second kappa shape index (κ2) is 6.08. The molecule has 1 saturated carbocycles. The van der Waals surface area contributed by atoms with Crippen LogP contribution in [-0.4, -0.2) is 10.7 Å². The van der Waals surface area contributed by atoms with Gasteiger partial charge >= 0.3 is 0 Å². The Morgan fingerprint density at radius 2 is 1.58 bits per heavy atom. The molecule has 1 nitrogen and oxygen atoms in total. The lowest BCUT2D eigenvalue weighted by molar-refractivity contribution is 0.0610. The molecular weight excluding hydrogens is 148 g/mol. The summed E-state index contributed by atoms with van der Waals surface area (Å²) in [5.41, 5.74) is -0.632. The summed E-state index contributed by atoms with van der Waals surface area (Å²) in [6.45, 7) is 5.78. The van der Waals surface area contributed by atoms with E-state index in [4.69, 9.17) is 0 Å². The lowest BCUT2D eigenvalue weighted by Crippen LogP contribution is -2.28. The van der Waals surface area contributed by atoms with E-state index >= 15 is 0 Å². The molecule has 1 fully saturated rings. The molecule has 1 rings (SSSR count). The first-order chi connectivity index (χ1) is 5.77. The zero-order valence-corrected chi connectivity index (χ0v) is 8.48. The summed E-state index contributed by atoms with van der Waals surface area (Å²) in [7, 11) is 0. The first kappa shape index (κ1) is 11.5. The zero-order chi connectivity index (χ0) is 9.45. The average molecular weight is 168 g/mol. The highest BCUT2D eigenvalue weighted by molar-refractivity contribution is 5.12. The Hall–Kier alpha value is -0.480. The molecule has 0 heterocycles. The first-order valence-corrected chi connectivity index (χ1v) is 4.93. The average Bonchev–Trinajstić information content (AvgIpc) is 2.09. The predicted octanol–water partition coefficient (Wildman–Crippen LogP) is 2.73. The van der Waals surface area contributed by atoms with Crippen molar-refractivity contribution in [3.05, 3.63) is 0 Å². The maximum atomic E-state index is 9.70. The largest absolute Gasteiger partial charge is 0.378 e. The summed E-state index contributed by atoms with van der Waals surface area (Å²) in [5.74, 6) is 5.64. The molecule has 0 bridgehead atoms. The van der Waals surface area contributed by atoms with Gasteiger partial charge in [0.1, 0.15) is 5.60 Å². The maximum absolute atomic E-state index is 9.70. The molecular formula is C11H20O. The summed E-state index contributed by atoms with van der Waals surface area (Å²) in [6.07, 6.45) is 5.26. The summed E-state index contributed by atoms with van der Waals surface area (Å²) in [6, 6.07) is 0. The summed E-state index contributed by atoms with van der Waals surface area (Å²) < 4.78 is 0. The second-order valence-electron chi connectivity index (χ2n) is 2.97. The lowest BCUT2D eigenvalue weighted by Gasteiger charge is -2.26. The van der Waals surface area contributed by atoms with Crippen molar-refractivity contribution < 1.29 is 5.11 Å².